The normalized spacial score (nSPS) is 10.1. The van der Waals surface area contributed by atoms with Crippen molar-refractivity contribution < 1.29 is 0 Å². The molecule has 0 atom stereocenters. The number of hydrogen-bond donors (Lipinski definition) is 3. The van der Waals surface area contributed by atoms with Gasteiger partial charge in [0.25, 0.3) is 0 Å². The molecular formula is C10H11N5. The first kappa shape index (κ1) is 9.26. The summed E-state index contributed by atoms with van der Waals surface area (Å²) in [5, 5.41) is 0. The van der Waals surface area contributed by atoms with E-state index >= 15 is 0 Å². The molecule has 1 aromatic carbocycles. The molecule has 2 rings (SSSR count). The van der Waals surface area contributed by atoms with E-state index in [9.17, 15) is 0 Å². The lowest BCUT2D eigenvalue weighted by molar-refractivity contribution is 1.20. The maximum atomic E-state index is 5.78. The van der Waals surface area contributed by atoms with Gasteiger partial charge in [-0.05, 0) is 0 Å². The van der Waals surface area contributed by atoms with Gasteiger partial charge in [0.2, 0.25) is 5.95 Å². The molecule has 0 saturated heterocycles. The van der Waals surface area contributed by atoms with Crippen molar-refractivity contribution in [1.29, 1.82) is 0 Å². The SMILES string of the molecule is Nc1nc(N)c(N)c(-c2ccccc2)n1. The van der Waals surface area contributed by atoms with Gasteiger partial charge in [0, 0.05) is 5.56 Å². The first-order chi connectivity index (χ1) is 7.18. The molecule has 0 radical (unpaired) electrons. The Hall–Kier alpha value is -2.30. The van der Waals surface area contributed by atoms with Crippen LogP contribution in [0.2, 0.25) is 0 Å². The maximum absolute atomic E-state index is 5.78. The van der Waals surface area contributed by atoms with Crippen molar-refractivity contribution >= 4 is 17.5 Å². The smallest absolute Gasteiger partial charge is 0.222 e. The van der Waals surface area contributed by atoms with Gasteiger partial charge in [-0.2, -0.15) is 4.98 Å². The molecule has 76 valence electrons. The topological polar surface area (TPSA) is 104 Å². The highest BCUT2D eigenvalue weighted by molar-refractivity contribution is 5.80. The first-order valence-corrected chi connectivity index (χ1v) is 4.42. The van der Waals surface area contributed by atoms with Gasteiger partial charge in [-0.25, -0.2) is 4.98 Å². The first-order valence-electron chi connectivity index (χ1n) is 4.42. The number of aromatic nitrogens is 2. The molecule has 5 nitrogen and oxygen atoms in total. The molecule has 0 aliphatic rings. The number of nitrogens with zero attached hydrogens (tertiary/aromatic N) is 2. The van der Waals surface area contributed by atoms with E-state index in [2.05, 4.69) is 9.97 Å². The van der Waals surface area contributed by atoms with Crippen molar-refractivity contribution in [2.45, 2.75) is 0 Å². The standard InChI is InChI=1S/C10H11N5/c11-7-8(6-4-2-1-3-5-6)14-10(13)15-9(7)12/h1-5H,11H2,(H4,12,13,14,15). The van der Waals surface area contributed by atoms with E-state index in [4.69, 9.17) is 17.2 Å². The number of rotatable bonds is 1. The van der Waals surface area contributed by atoms with E-state index in [1.165, 1.54) is 0 Å². The summed E-state index contributed by atoms with van der Waals surface area (Å²) < 4.78 is 0. The minimum atomic E-state index is 0.126. The van der Waals surface area contributed by atoms with Crippen molar-refractivity contribution in [1.82, 2.24) is 9.97 Å². The highest BCUT2D eigenvalue weighted by Crippen LogP contribution is 2.27. The number of anilines is 3. The second-order valence-electron chi connectivity index (χ2n) is 3.10. The Kier molecular flexibility index (Phi) is 2.13. The molecule has 0 aliphatic heterocycles. The van der Waals surface area contributed by atoms with Crippen LogP contribution in [-0.4, -0.2) is 9.97 Å². The van der Waals surface area contributed by atoms with Crippen LogP contribution in [0, 0.1) is 0 Å². The number of nitrogen functional groups attached to an aromatic ring is 3. The van der Waals surface area contributed by atoms with Crippen molar-refractivity contribution in [2.75, 3.05) is 17.2 Å². The van der Waals surface area contributed by atoms with Gasteiger partial charge in [-0.3, -0.25) is 0 Å². The molecule has 0 fully saturated rings. The molecule has 6 N–H and O–H groups in total. The van der Waals surface area contributed by atoms with E-state index in [1.54, 1.807) is 0 Å². The predicted molar refractivity (Wildman–Crippen MR) is 60.7 cm³/mol. The zero-order chi connectivity index (χ0) is 10.8. The molecule has 0 amide bonds. The predicted octanol–water partition coefficient (Wildman–Crippen LogP) is 0.890. The van der Waals surface area contributed by atoms with Gasteiger partial charge in [0.1, 0.15) is 11.4 Å². The monoisotopic (exact) mass is 201 g/mol. The Morgan fingerprint density at radius 2 is 1.53 bits per heavy atom. The van der Waals surface area contributed by atoms with E-state index in [0.29, 0.717) is 11.4 Å². The van der Waals surface area contributed by atoms with Gasteiger partial charge in [0.15, 0.2) is 5.82 Å². The zero-order valence-electron chi connectivity index (χ0n) is 8.01. The van der Waals surface area contributed by atoms with Crippen molar-refractivity contribution in [3.05, 3.63) is 30.3 Å². The van der Waals surface area contributed by atoms with Gasteiger partial charge in [0.05, 0.1) is 0 Å². The Balaban J connectivity index is 2.63. The van der Waals surface area contributed by atoms with E-state index in [1.807, 2.05) is 30.3 Å². The average Bonchev–Trinajstić information content (AvgIpc) is 2.24. The molecule has 0 bridgehead atoms. The third-order valence-electron chi connectivity index (χ3n) is 2.04. The Bertz CT molecular complexity index is 481. The van der Waals surface area contributed by atoms with Crippen LogP contribution in [0.1, 0.15) is 0 Å². The van der Waals surface area contributed by atoms with Gasteiger partial charge in [-0.1, -0.05) is 30.3 Å². The Labute approximate surface area is 86.9 Å². The second kappa shape index (κ2) is 3.45. The van der Waals surface area contributed by atoms with Gasteiger partial charge < -0.3 is 17.2 Å². The van der Waals surface area contributed by atoms with Crippen LogP contribution in [-0.2, 0) is 0 Å². The van der Waals surface area contributed by atoms with Gasteiger partial charge in [-0.15, -0.1) is 0 Å². The maximum Gasteiger partial charge on any atom is 0.222 e. The summed E-state index contributed by atoms with van der Waals surface area (Å²) in [5.74, 6) is 0.335. The quantitative estimate of drug-likeness (QED) is 0.635. The van der Waals surface area contributed by atoms with Crippen molar-refractivity contribution in [3.63, 3.8) is 0 Å². The second-order valence-corrected chi connectivity index (χ2v) is 3.10. The number of nitrogens with two attached hydrogens (primary N) is 3. The molecule has 0 saturated carbocycles. The molecule has 0 aliphatic carbocycles. The van der Waals surface area contributed by atoms with Crippen LogP contribution in [0.3, 0.4) is 0 Å². The fourth-order valence-corrected chi connectivity index (χ4v) is 1.32. The molecule has 5 heteroatoms. The lowest BCUT2D eigenvalue weighted by Crippen LogP contribution is -2.06. The van der Waals surface area contributed by atoms with Gasteiger partial charge >= 0.3 is 0 Å². The minimum Gasteiger partial charge on any atom is -0.394 e. The Morgan fingerprint density at radius 3 is 2.20 bits per heavy atom. The lowest BCUT2D eigenvalue weighted by atomic mass is 10.1. The molecule has 0 spiro atoms. The average molecular weight is 201 g/mol. The zero-order valence-corrected chi connectivity index (χ0v) is 8.01. The van der Waals surface area contributed by atoms with Crippen molar-refractivity contribution in [2.24, 2.45) is 0 Å². The van der Waals surface area contributed by atoms with Crippen LogP contribution in [0.25, 0.3) is 11.3 Å². The summed E-state index contributed by atoms with van der Waals surface area (Å²) in [4.78, 5) is 7.84. The summed E-state index contributed by atoms with van der Waals surface area (Å²) in [5.41, 5.74) is 18.7. The van der Waals surface area contributed by atoms with Crippen LogP contribution in [0.5, 0.6) is 0 Å². The van der Waals surface area contributed by atoms with Crippen molar-refractivity contribution in [3.8, 4) is 11.3 Å². The van der Waals surface area contributed by atoms with Crippen LogP contribution in [0.4, 0.5) is 17.5 Å². The third-order valence-corrected chi connectivity index (χ3v) is 2.04. The highest BCUT2D eigenvalue weighted by Gasteiger charge is 2.09. The summed E-state index contributed by atoms with van der Waals surface area (Å²) in [6.07, 6.45) is 0. The van der Waals surface area contributed by atoms with E-state index in [-0.39, 0.29) is 11.8 Å². The molecule has 0 unspecified atom stereocenters. The van der Waals surface area contributed by atoms with Crippen LogP contribution >= 0.6 is 0 Å². The lowest BCUT2D eigenvalue weighted by Gasteiger charge is -2.07. The van der Waals surface area contributed by atoms with Crippen LogP contribution < -0.4 is 17.2 Å². The molecule has 2 aromatic rings. The molecule has 15 heavy (non-hydrogen) atoms. The third kappa shape index (κ3) is 1.67. The van der Waals surface area contributed by atoms with Crippen LogP contribution in [0.15, 0.2) is 30.3 Å². The number of benzene rings is 1. The fourth-order valence-electron chi connectivity index (χ4n) is 1.32. The molecule has 1 heterocycles. The summed E-state index contributed by atoms with van der Waals surface area (Å²) in [7, 11) is 0. The number of hydrogen-bond acceptors (Lipinski definition) is 5. The summed E-state index contributed by atoms with van der Waals surface area (Å²) in [6.45, 7) is 0. The minimum absolute atomic E-state index is 0.126. The van der Waals surface area contributed by atoms with E-state index in [0.717, 1.165) is 5.56 Å². The largest absolute Gasteiger partial charge is 0.394 e. The molecular weight excluding hydrogens is 190 g/mol. The summed E-state index contributed by atoms with van der Waals surface area (Å²) in [6, 6.07) is 9.47. The Morgan fingerprint density at radius 1 is 0.867 bits per heavy atom. The summed E-state index contributed by atoms with van der Waals surface area (Å²) >= 11 is 0. The fraction of sp³-hybridized carbons (Fsp3) is 0. The highest BCUT2D eigenvalue weighted by atomic mass is 15.1. The molecule has 1 aromatic heterocycles. The van der Waals surface area contributed by atoms with E-state index < -0.39 is 0 Å².